The molecule has 1 fully saturated rings. The number of carbonyl (C=O) groups is 1. The van der Waals surface area contributed by atoms with Crippen LogP contribution in [0.2, 0.25) is 0 Å². The van der Waals surface area contributed by atoms with Crippen LogP contribution in [0.25, 0.3) is 5.32 Å². The SMILES string of the molecule is CC1(C)CC(/C=C2\[N-]C(=O)CC2(C)C)=NC/1=C\C1=NC(C)(C#N)C(C)(C)C1.[Cl][Zn+]. The molecule has 5 nitrogen and oxygen atoms in total. The number of carbonyl (C=O) groups excluding carboxylic acids is 1. The van der Waals surface area contributed by atoms with Crippen molar-refractivity contribution in [1.82, 2.24) is 0 Å². The summed E-state index contributed by atoms with van der Waals surface area (Å²) in [7, 11) is 4.76. The second-order valence-corrected chi connectivity index (χ2v) is 10.1. The van der Waals surface area contributed by atoms with Gasteiger partial charge in [0.1, 0.15) is 5.54 Å². The molecule has 0 saturated carbocycles. The zero-order valence-electron chi connectivity index (χ0n) is 18.6. The third kappa shape index (κ3) is 4.72. The van der Waals surface area contributed by atoms with Gasteiger partial charge in [-0.15, -0.1) is 5.70 Å². The van der Waals surface area contributed by atoms with Gasteiger partial charge in [-0.1, -0.05) is 47.6 Å². The molecule has 1 atom stereocenters. The number of halogens is 1. The fourth-order valence-corrected chi connectivity index (χ4v) is 3.90. The maximum atomic E-state index is 11.7. The Morgan fingerprint density at radius 2 is 1.62 bits per heavy atom. The van der Waals surface area contributed by atoms with Crippen LogP contribution in [0.1, 0.15) is 67.7 Å². The van der Waals surface area contributed by atoms with Crippen molar-refractivity contribution < 1.29 is 22.1 Å². The zero-order valence-corrected chi connectivity index (χ0v) is 22.3. The predicted octanol–water partition coefficient (Wildman–Crippen LogP) is 5.80. The molecule has 152 valence electrons. The Morgan fingerprint density at radius 1 is 1.00 bits per heavy atom. The number of hydrogen-bond donors (Lipinski definition) is 0. The number of nitriles is 1. The van der Waals surface area contributed by atoms with Gasteiger partial charge in [0.25, 0.3) is 0 Å². The van der Waals surface area contributed by atoms with Gasteiger partial charge in [0.2, 0.25) is 0 Å². The van der Waals surface area contributed by atoms with E-state index in [0.717, 1.165) is 53.0 Å². The van der Waals surface area contributed by atoms with Crippen LogP contribution in [0.3, 0.4) is 0 Å². The van der Waals surface area contributed by atoms with Gasteiger partial charge < -0.3 is 10.1 Å². The van der Waals surface area contributed by atoms with E-state index in [-0.39, 0.29) is 22.2 Å². The molecule has 0 spiro atoms. The average molecular weight is 466 g/mol. The Kier molecular flexibility index (Phi) is 6.68. The van der Waals surface area contributed by atoms with Gasteiger partial charge >= 0.3 is 27.0 Å². The van der Waals surface area contributed by atoms with Crippen molar-refractivity contribution in [1.29, 1.82) is 5.26 Å². The quantitative estimate of drug-likeness (QED) is 0.483. The molecule has 29 heavy (non-hydrogen) atoms. The second-order valence-electron chi connectivity index (χ2n) is 10.1. The molecule has 1 saturated heterocycles. The summed E-state index contributed by atoms with van der Waals surface area (Å²) in [6.07, 6.45) is 6.05. The van der Waals surface area contributed by atoms with Gasteiger partial charge in [-0.3, -0.25) is 9.98 Å². The molecule has 0 aromatic carbocycles. The molecular formula is C22H29ClN4OZn. The molecule has 0 aromatic heterocycles. The van der Waals surface area contributed by atoms with Gasteiger partial charge in [0.15, 0.2) is 0 Å². The van der Waals surface area contributed by atoms with Crippen molar-refractivity contribution in [2.24, 2.45) is 26.2 Å². The first-order valence-electron chi connectivity index (χ1n) is 9.81. The summed E-state index contributed by atoms with van der Waals surface area (Å²) in [6, 6.07) is 2.37. The van der Waals surface area contributed by atoms with Crippen molar-refractivity contribution in [2.45, 2.75) is 73.3 Å². The van der Waals surface area contributed by atoms with Gasteiger partial charge in [0, 0.05) is 34.4 Å². The van der Waals surface area contributed by atoms with Crippen molar-refractivity contribution in [3.63, 3.8) is 0 Å². The summed E-state index contributed by atoms with van der Waals surface area (Å²) < 4.78 is 0. The Morgan fingerprint density at radius 3 is 2.10 bits per heavy atom. The molecule has 3 heterocycles. The molecule has 1 amide bonds. The Hall–Kier alpha value is -1.31. The normalized spacial score (nSPS) is 31.7. The van der Waals surface area contributed by atoms with E-state index in [1.54, 1.807) is 0 Å². The van der Waals surface area contributed by atoms with Gasteiger partial charge in [-0.2, -0.15) is 5.26 Å². The molecule has 1 unspecified atom stereocenters. The Balaban J connectivity index is 0.00000145. The molecule has 0 aliphatic carbocycles. The monoisotopic (exact) mass is 464 g/mol. The molecule has 7 heteroatoms. The third-order valence-corrected chi connectivity index (χ3v) is 6.24. The van der Waals surface area contributed by atoms with Crippen LogP contribution < -0.4 is 0 Å². The zero-order chi connectivity index (χ0) is 22.3. The van der Waals surface area contributed by atoms with E-state index in [1.165, 1.54) is 0 Å². The van der Waals surface area contributed by atoms with Crippen molar-refractivity contribution >= 4 is 27.0 Å². The molecule has 0 aromatic rings. The fraction of sp³-hybridized carbons (Fsp3) is 0.636. The first-order valence-corrected chi connectivity index (χ1v) is 13.7. The Bertz CT molecular complexity index is 874. The predicted molar refractivity (Wildman–Crippen MR) is 114 cm³/mol. The Labute approximate surface area is 188 Å². The minimum atomic E-state index is -0.705. The summed E-state index contributed by atoms with van der Waals surface area (Å²) in [5, 5.41) is 13.8. The van der Waals surface area contributed by atoms with Gasteiger partial charge in [0.05, 0.1) is 12.0 Å². The van der Waals surface area contributed by atoms with Gasteiger partial charge in [-0.05, 0) is 31.3 Å². The van der Waals surface area contributed by atoms with Crippen LogP contribution in [0, 0.1) is 27.6 Å². The summed E-state index contributed by atoms with van der Waals surface area (Å²) in [6.45, 7) is 14.5. The molecule has 0 N–H and O–H groups in total. The number of nitrogens with zero attached hydrogens (tertiary/aromatic N) is 4. The van der Waals surface area contributed by atoms with Crippen molar-refractivity contribution in [2.75, 3.05) is 0 Å². The van der Waals surface area contributed by atoms with Crippen LogP contribution in [-0.4, -0.2) is 22.9 Å². The molecule has 0 bridgehead atoms. The molecule has 3 aliphatic heterocycles. The molecule has 3 rings (SSSR count). The van der Waals surface area contributed by atoms with Crippen molar-refractivity contribution in [3.05, 3.63) is 28.9 Å². The first kappa shape index (κ1) is 24.0. The first-order chi connectivity index (χ1) is 13.3. The van der Waals surface area contributed by atoms with Crippen LogP contribution in [0.15, 0.2) is 33.5 Å². The molecule has 3 aliphatic rings. The molecule has 0 radical (unpaired) electrons. The summed E-state index contributed by atoms with van der Waals surface area (Å²) >= 11 is 0.847. The number of allylic oxidation sites excluding steroid dienone is 4. The number of hydrogen-bond acceptors (Lipinski definition) is 4. The van der Waals surface area contributed by atoms with E-state index in [0.29, 0.717) is 6.42 Å². The van der Waals surface area contributed by atoms with Crippen molar-refractivity contribution in [3.8, 4) is 6.07 Å². The van der Waals surface area contributed by atoms with E-state index in [1.807, 2.05) is 26.8 Å². The topological polar surface area (TPSA) is 79.7 Å². The van der Waals surface area contributed by atoms with E-state index in [9.17, 15) is 10.1 Å². The number of amides is 1. The average Bonchev–Trinajstić information content (AvgIpc) is 3.11. The van der Waals surface area contributed by atoms with E-state index in [4.69, 9.17) is 19.7 Å². The number of rotatable bonds is 2. The summed E-state index contributed by atoms with van der Waals surface area (Å²) in [5.74, 6) is -0.0572. The van der Waals surface area contributed by atoms with Crippen LogP contribution >= 0.6 is 9.69 Å². The second kappa shape index (κ2) is 8.08. The standard InChI is InChI=1S/C22H30N4O.ClH.Zn/c1-19(2)10-14(8-17-20(3,4)12-18(27)25-17)24-16(19)9-15-11-21(5,6)22(7,13-23)26-15;;/h8-9H,10-12H2,1-7H3,(H,24,25,26,27);1H;/q;;+2/p-2. The minimum absolute atomic E-state index is 0.0572. The van der Waals surface area contributed by atoms with Gasteiger partial charge in [-0.25, -0.2) is 0 Å². The third-order valence-electron chi connectivity index (χ3n) is 6.24. The maximum absolute atomic E-state index is 11.7. The van der Waals surface area contributed by atoms with Crippen LogP contribution in [-0.2, 0) is 22.1 Å². The number of aliphatic imine (C=N–C) groups is 2. The van der Waals surface area contributed by atoms with E-state index >= 15 is 0 Å². The van der Waals surface area contributed by atoms with E-state index < -0.39 is 5.54 Å². The van der Waals surface area contributed by atoms with Crippen LogP contribution in [0.5, 0.6) is 0 Å². The van der Waals surface area contributed by atoms with Crippen LogP contribution in [0.4, 0.5) is 0 Å². The summed E-state index contributed by atoms with van der Waals surface area (Å²) in [4.78, 5) is 21.3. The fourth-order valence-electron chi connectivity index (χ4n) is 3.90. The summed E-state index contributed by atoms with van der Waals surface area (Å²) in [5.41, 5.74) is 2.44. The molecular weight excluding hydrogens is 437 g/mol. The van der Waals surface area contributed by atoms with E-state index in [2.05, 4.69) is 45.2 Å².